The molecule has 0 aliphatic heterocycles. The van der Waals surface area contributed by atoms with E-state index >= 15 is 0 Å². The Labute approximate surface area is 132 Å². The third kappa shape index (κ3) is 6.14. The highest BCUT2D eigenvalue weighted by molar-refractivity contribution is 5.85. The first-order valence-corrected chi connectivity index (χ1v) is 6.92. The predicted molar refractivity (Wildman–Crippen MR) is 78.5 cm³/mol. The molecular weight excluding hydrogens is 311 g/mol. The van der Waals surface area contributed by atoms with Crippen LogP contribution in [0.15, 0.2) is 36.9 Å². The van der Waals surface area contributed by atoms with E-state index in [1.165, 1.54) is 19.2 Å². The first-order valence-electron chi connectivity index (χ1n) is 6.92. The van der Waals surface area contributed by atoms with Crippen molar-refractivity contribution in [2.24, 2.45) is 0 Å². The Bertz CT molecular complexity index is 570. The lowest BCUT2D eigenvalue weighted by Crippen LogP contribution is -2.42. The van der Waals surface area contributed by atoms with Gasteiger partial charge in [0.05, 0.1) is 19.1 Å². The number of hydrogen-bond donors (Lipinski definition) is 1. The molecule has 0 fully saturated rings. The van der Waals surface area contributed by atoms with Crippen LogP contribution in [0.1, 0.15) is 24.0 Å². The summed E-state index contributed by atoms with van der Waals surface area (Å²) < 4.78 is 42.5. The van der Waals surface area contributed by atoms with Gasteiger partial charge in [0.15, 0.2) is 0 Å². The second-order valence-electron chi connectivity index (χ2n) is 4.88. The molecule has 0 saturated carbocycles. The first-order chi connectivity index (χ1) is 10.8. The maximum Gasteiger partial charge on any atom is 0.416 e. The standard InChI is InChI=1S/C16H18F3NO3/c1-3-4-8-13(15(22)23-2)20-14(21)10-11-6-5-7-12(9-11)16(17,18)19/h3,5-7,9,13H,1,4,8,10H2,2H3,(H,20,21)/t13-/m0/s1. The molecule has 1 rings (SSSR count). The van der Waals surface area contributed by atoms with E-state index in [1.54, 1.807) is 6.08 Å². The van der Waals surface area contributed by atoms with Gasteiger partial charge in [0.2, 0.25) is 5.91 Å². The summed E-state index contributed by atoms with van der Waals surface area (Å²) in [6.07, 6.45) is -2.33. The molecule has 0 saturated heterocycles. The van der Waals surface area contributed by atoms with Gasteiger partial charge in [-0.25, -0.2) is 4.79 Å². The number of hydrogen-bond acceptors (Lipinski definition) is 3. The number of carbonyl (C=O) groups is 2. The summed E-state index contributed by atoms with van der Waals surface area (Å²) in [7, 11) is 1.20. The number of halogens is 3. The number of methoxy groups -OCH3 is 1. The van der Waals surface area contributed by atoms with Gasteiger partial charge >= 0.3 is 12.1 Å². The number of nitrogens with one attached hydrogen (secondary N) is 1. The summed E-state index contributed by atoms with van der Waals surface area (Å²) >= 11 is 0. The third-order valence-corrected chi connectivity index (χ3v) is 3.10. The van der Waals surface area contributed by atoms with Crippen molar-refractivity contribution in [3.05, 3.63) is 48.0 Å². The van der Waals surface area contributed by atoms with E-state index < -0.39 is 29.7 Å². The fourth-order valence-electron chi connectivity index (χ4n) is 1.96. The Morgan fingerprint density at radius 1 is 1.39 bits per heavy atom. The second kappa shape index (κ2) is 8.36. The average molecular weight is 329 g/mol. The Morgan fingerprint density at radius 3 is 2.65 bits per heavy atom. The van der Waals surface area contributed by atoms with Crippen LogP contribution in [0.4, 0.5) is 13.2 Å². The van der Waals surface area contributed by atoms with Crippen molar-refractivity contribution < 1.29 is 27.5 Å². The molecule has 1 N–H and O–H groups in total. The molecule has 1 amide bonds. The fraction of sp³-hybridized carbons (Fsp3) is 0.375. The van der Waals surface area contributed by atoms with Crippen LogP contribution < -0.4 is 5.32 Å². The molecule has 23 heavy (non-hydrogen) atoms. The van der Waals surface area contributed by atoms with E-state index in [-0.39, 0.29) is 12.0 Å². The van der Waals surface area contributed by atoms with Crippen LogP contribution in [0.25, 0.3) is 0 Å². The van der Waals surface area contributed by atoms with Gasteiger partial charge in [-0.1, -0.05) is 24.3 Å². The number of carbonyl (C=O) groups excluding carboxylic acids is 2. The maximum atomic E-state index is 12.6. The number of esters is 1. The van der Waals surface area contributed by atoms with Crippen LogP contribution in [0, 0.1) is 0 Å². The van der Waals surface area contributed by atoms with E-state index in [0.29, 0.717) is 12.8 Å². The van der Waals surface area contributed by atoms with Gasteiger partial charge in [-0.15, -0.1) is 6.58 Å². The zero-order chi connectivity index (χ0) is 17.5. The van der Waals surface area contributed by atoms with E-state index in [9.17, 15) is 22.8 Å². The molecule has 0 bridgehead atoms. The Hall–Kier alpha value is -2.31. The van der Waals surface area contributed by atoms with Gasteiger partial charge in [0, 0.05) is 0 Å². The number of benzene rings is 1. The Kier molecular flexibility index (Phi) is 6.81. The molecular formula is C16H18F3NO3. The summed E-state index contributed by atoms with van der Waals surface area (Å²) in [4.78, 5) is 23.5. The molecule has 1 aromatic carbocycles. The molecule has 0 aliphatic carbocycles. The van der Waals surface area contributed by atoms with E-state index in [4.69, 9.17) is 0 Å². The number of alkyl halides is 3. The van der Waals surface area contributed by atoms with Gasteiger partial charge in [0.25, 0.3) is 0 Å². The number of allylic oxidation sites excluding steroid dienone is 1. The molecule has 7 heteroatoms. The number of amides is 1. The van der Waals surface area contributed by atoms with Crippen molar-refractivity contribution in [3.8, 4) is 0 Å². The largest absolute Gasteiger partial charge is 0.467 e. The minimum atomic E-state index is -4.47. The van der Waals surface area contributed by atoms with E-state index in [1.807, 2.05) is 0 Å². The molecule has 0 radical (unpaired) electrons. The SMILES string of the molecule is C=CCC[C@H](NC(=O)Cc1cccc(C(F)(F)F)c1)C(=O)OC. The predicted octanol–water partition coefficient (Wildman–Crippen LogP) is 2.87. The molecule has 126 valence electrons. The molecule has 0 heterocycles. The highest BCUT2D eigenvalue weighted by atomic mass is 19.4. The van der Waals surface area contributed by atoms with Crippen LogP contribution in [-0.4, -0.2) is 25.0 Å². The second-order valence-corrected chi connectivity index (χ2v) is 4.88. The molecule has 1 atom stereocenters. The first kappa shape index (κ1) is 18.7. The lowest BCUT2D eigenvalue weighted by Gasteiger charge is -2.16. The summed E-state index contributed by atoms with van der Waals surface area (Å²) in [5, 5.41) is 2.47. The van der Waals surface area contributed by atoms with Gasteiger partial charge in [-0.3, -0.25) is 4.79 Å². The van der Waals surface area contributed by atoms with Crippen LogP contribution in [0.2, 0.25) is 0 Å². The normalized spacial score (nSPS) is 12.3. The Morgan fingerprint density at radius 2 is 2.09 bits per heavy atom. The van der Waals surface area contributed by atoms with Crippen molar-refractivity contribution in [3.63, 3.8) is 0 Å². The Balaban J connectivity index is 2.74. The minimum absolute atomic E-state index is 0.213. The molecule has 1 aromatic rings. The monoisotopic (exact) mass is 329 g/mol. The summed E-state index contributed by atoms with van der Waals surface area (Å²) in [5.74, 6) is -1.16. The average Bonchev–Trinajstić information content (AvgIpc) is 2.50. The van der Waals surface area contributed by atoms with Gasteiger partial charge in [0.1, 0.15) is 6.04 Å². The molecule has 0 spiro atoms. The van der Waals surface area contributed by atoms with Crippen LogP contribution in [0.3, 0.4) is 0 Å². The molecule has 0 aliphatic rings. The summed E-state index contributed by atoms with van der Waals surface area (Å²) in [6.45, 7) is 3.53. The van der Waals surface area contributed by atoms with Gasteiger partial charge in [-0.2, -0.15) is 13.2 Å². The highest BCUT2D eigenvalue weighted by Gasteiger charge is 2.30. The summed E-state index contributed by atoms with van der Waals surface area (Å²) in [6, 6.07) is 3.66. The van der Waals surface area contributed by atoms with Crippen molar-refractivity contribution in [2.45, 2.75) is 31.5 Å². The quantitative estimate of drug-likeness (QED) is 0.618. The van der Waals surface area contributed by atoms with Crippen molar-refractivity contribution in [2.75, 3.05) is 7.11 Å². The summed E-state index contributed by atoms with van der Waals surface area (Å²) in [5.41, 5.74) is -0.608. The fourth-order valence-corrected chi connectivity index (χ4v) is 1.96. The topological polar surface area (TPSA) is 55.4 Å². The van der Waals surface area contributed by atoms with E-state index in [2.05, 4.69) is 16.6 Å². The van der Waals surface area contributed by atoms with Crippen molar-refractivity contribution in [1.82, 2.24) is 5.32 Å². The minimum Gasteiger partial charge on any atom is -0.467 e. The van der Waals surface area contributed by atoms with Gasteiger partial charge < -0.3 is 10.1 Å². The van der Waals surface area contributed by atoms with Crippen LogP contribution in [-0.2, 0) is 26.9 Å². The van der Waals surface area contributed by atoms with E-state index in [0.717, 1.165) is 12.1 Å². The van der Waals surface area contributed by atoms with Crippen LogP contribution >= 0.6 is 0 Å². The van der Waals surface area contributed by atoms with Crippen molar-refractivity contribution in [1.29, 1.82) is 0 Å². The van der Waals surface area contributed by atoms with Crippen LogP contribution in [0.5, 0.6) is 0 Å². The maximum absolute atomic E-state index is 12.6. The molecule has 0 unspecified atom stereocenters. The van der Waals surface area contributed by atoms with Gasteiger partial charge in [-0.05, 0) is 24.5 Å². The number of ether oxygens (including phenoxy) is 1. The zero-order valence-electron chi connectivity index (χ0n) is 12.7. The number of rotatable bonds is 7. The smallest absolute Gasteiger partial charge is 0.416 e. The molecule has 4 nitrogen and oxygen atoms in total. The molecule has 0 aromatic heterocycles. The third-order valence-electron chi connectivity index (χ3n) is 3.10. The highest BCUT2D eigenvalue weighted by Crippen LogP contribution is 2.29. The lowest BCUT2D eigenvalue weighted by molar-refractivity contribution is -0.145. The van der Waals surface area contributed by atoms with Crippen molar-refractivity contribution >= 4 is 11.9 Å². The lowest BCUT2D eigenvalue weighted by atomic mass is 10.1. The zero-order valence-corrected chi connectivity index (χ0v) is 12.7.